The second kappa shape index (κ2) is 18.7. The van der Waals surface area contributed by atoms with Gasteiger partial charge >= 0.3 is 11.8 Å². The number of carbonyl (C=O) groups excluding carboxylic acids is 5. The number of hydrogen-bond donors (Lipinski definition) is 5. The Morgan fingerprint density at radius 1 is 0.968 bits per heavy atom. The van der Waals surface area contributed by atoms with Crippen molar-refractivity contribution in [2.75, 3.05) is 20.1 Å². The maximum atomic E-state index is 14.7. The molecule has 0 aromatic heterocycles. The number of hydrogen-bond acceptors (Lipinski definition) is 13. The molecule has 0 radical (unpaired) electrons. The van der Waals surface area contributed by atoms with Crippen molar-refractivity contribution < 1.29 is 48.4 Å². The number of phenolic OH excluding ortho intramolecular Hbond substituents is 1. The van der Waals surface area contributed by atoms with Crippen molar-refractivity contribution in [3.63, 3.8) is 0 Å². The lowest BCUT2D eigenvalue weighted by Crippen LogP contribution is -2.49. The predicted octanol–water partition coefficient (Wildman–Crippen LogP) is 4.50. The summed E-state index contributed by atoms with van der Waals surface area (Å²) in [6.45, 7) is 17.8. The van der Waals surface area contributed by atoms with Crippen molar-refractivity contribution in [3.05, 3.63) is 69.8 Å². The number of ether oxygens (including phenoxy) is 3. The van der Waals surface area contributed by atoms with Gasteiger partial charge in [-0.1, -0.05) is 59.8 Å². The van der Waals surface area contributed by atoms with Crippen molar-refractivity contribution in [2.45, 2.75) is 112 Å². The summed E-state index contributed by atoms with van der Waals surface area (Å²) in [6, 6.07) is 0. The Morgan fingerprint density at radius 2 is 1.65 bits per heavy atom. The van der Waals surface area contributed by atoms with Gasteiger partial charge in [-0.2, -0.15) is 9.12 Å². The number of likely N-dealkylation sites (tertiary alicyclic amines) is 1. The number of aliphatic imine (C=N–C) groups is 1. The standard InChI is InChI=1S/C46H63BN5O10P/c1-22-16-21-60-45(9)43(58)34-32-33(39(56)29(8)42(34)62-45)40(57)37(36-35(32)49-46(50-36)17-19-52(10)20-18-46)48-44(59)24(3)13-11-12-23(2)41(61-31(54)15-14-30(53)51-47-63)28(7)38(55)27(6)26(5)25(22)4/h11-13,16,21-23,25-28,38,41,47,50,55-56H,14-15,17-20,63H2,1-10H3,(H,48,59)(H,51,53)/b12-11+,21-16+,24-13-/t22-,23-,25+,26+,27-,28-,38-,41-,45-/m0/s1. The van der Waals surface area contributed by atoms with Crippen LogP contribution in [0.1, 0.15) is 113 Å². The quantitative estimate of drug-likeness (QED) is 0.158. The number of rotatable bonds is 5. The summed E-state index contributed by atoms with van der Waals surface area (Å²) in [6.07, 6.45) is 7.56. The van der Waals surface area contributed by atoms with Crippen molar-refractivity contribution in [1.29, 1.82) is 0 Å². The van der Waals surface area contributed by atoms with Gasteiger partial charge in [0.25, 0.3) is 18.8 Å². The third kappa shape index (κ3) is 9.26. The second-order valence-electron chi connectivity index (χ2n) is 18.3. The number of allylic oxidation sites excluding steroid dienone is 5. The number of benzene rings is 1. The minimum absolute atomic E-state index is 0.00154. The Bertz CT molecular complexity index is 2210. The van der Waals surface area contributed by atoms with Crippen molar-refractivity contribution in [1.82, 2.24) is 20.8 Å². The molecule has 340 valence electrons. The highest BCUT2D eigenvalue weighted by Gasteiger charge is 2.54. The molecule has 7 rings (SSSR count). The number of nitrogens with zero attached hydrogens (tertiary/aromatic N) is 2. The largest absolute Gasteiger partial charge is 0.507 e. The number of carbonyl (C=O) groups is 5. The number of amides is 2. The van der Waals surface area contributed by atoms with Crippen LogP contribution in [0.5, 0.6) is 11.5 Å². The molecule has 1 aromatic rings. The molecule has 1 saturated heterocycles. The number of piperidine rings is 1. The molecule has 15 nitrogen and oxygen atoms in total. The van der Waals surface area contributed by atoms with E-state index >= 15 is 0 Å². The van der Waals surface area contributed by atoms with Gasteiger partial charge in [0.15, 0.2) is 0 Å². The summed E-state index contributed by atoms with van der Waals surface area (Å²) in [5.74, 6) is -6.27. The highest BCUT2D eigenvalue weighted by Crippen LogP contribution is 2.50. The average Bonchev–Trinajstić information content (AvgIpc) is 3.75. The van der Waals surface area contributed by atoms with E-state index < -0.39 is 64.7 Å². The van der Waals surface area contributed by atoms with E-state index in [0.29, 0.717) is 33.1 Å². The van der Waals surface area contributed by atoms with Crippen molar-refractivity contribution in [3.8, 4) is 11.5 Å². The first-order valence-electron chi connectivity index (χ1n) is 22.0. The normalized spacial score (nSPS) is 32.9. The molecule has 1 aliphatic carbocycles. The van der Waals surface area contributed by atoms with Gasteiger partial charge in [0.1, 0.15) is 29.0 Å². The fourth-order valence-corrected chi connectivity index (χ4v) is 9.45. The average molecular weight is 888 g/mol. The lowest BCUT2D eigenvalue weighted by atomic mass is 9.72. The molecule has 5 aliphatic heterocycles. The monoisotopic (exact) mass is 887 g/mol. The van der Waals surface area contributed by atoms with Crippen LogP contribution in [-0.2, 0) is 23.9 Å². The zero-order valence-corrected chi connectivity index (χ0v) is 39.2. The first-order valence-corrected chi connectivity index (χ1v) is 22.8. The second-order valence-corrected chi connectivity index (χ2v) is 18.8. The van der Waals surface area contributed by atoms with Crippen molar-refractivity contribution in [2.24, 2.45) is 40.5 Å². The van der Waals surface area contributed by atoms with Gasteiger partial charge in [0, 0.05) is 67.8 Å². The minimum Gasteiger partial charge on any atom is -0.507 e. The number of phenols is 1. The lowest BCUT2D eigenvalue weighted by Gasteiger charge is -2.38. The Morgan fingerprint density at radius 3 is 2.32 bits per heavy atom. The number of Topliss-reactive ketones (excluding diaryl/α,β-unsaturated/α-hetero) is 2. The third-order valence-electron chi connectivity index (χ3n) is 14.0. The molecular formula is C46H63BN5O10P. The van der Waals surface area contributed by atoms with Gasteiger partial charge in [-0.15, -0.1) is 0 Å². The molecule has 5 bridgehead atoms. The van der Waals surface area contributed by atoms with Gasteiger partial charge in [-0.3, -0.25) is 29.0 Å². The van der Waals surface area contributed by atoms with Crippen molar-refractivity contribution >= 4 is 51.3 Å². The summed E-state index contributed by atoms with van der Waals surface area (Å²) in [5.41, 5.74) is 0.00133. The number of aliphatic hydroxyl groups excluding tert-OH is 1. The van der Waals surface area contributed by atoms with Crippen LogP contribution in [-0.4, -0.2) is 101 Å². The zero-order chi connectivity index (χ0) is 46.3. The Hall–Kier alpha value is -4.79. The van der Waals surface area contributed by atoms with E-state index in [1.165, 1.54) is 13.2 Å². The Kier molecular flexibility index (Phi) is 14.2. The van der Waals surface area contributed by atoms with Gasteiger partial charge in [0.2, 0.25) is 11.7 Å². The molecule has 63 heavy (non-hydrogen) atoms. The summed E-state index contributed by atoms with van der Waals surface area (Å²) in [7, 11) is 4.77. The number of nitrogens with one attached hydrogen (secondary N) is 3. The first-order chi connectivity index (χ1) is 29.6. The topological polar surface area (TPSA) is 205 Å². The number of esters is 1. The predicted molar refractivity (Wildman–Crippen MR) is 243 cm³/mol. The molecule has 0 saturated carbocycles. The molecule has 6 aliphatic rings. The van der Waals surface area contributed by atoms with Gasteiger partial charge in [0.05, 0.1) is 41.3 Å². The fraction of sp³-hybridized carbons (Fsp3) is 0.565. The number of fused-ring (bicyclic) bond motifs is 13. The maximum Gasteiger partial charge on any atom is 0.312 e. The van der Waals surface area contributed by atoms with Crippen LogP contribution in [0.15, 0.2) is 52.5 Å². The number of aliphatic hydroxyl groups is 1. The summed E-state index contributed by atoms with van der Waals surface area (Å²) in [4.78, 5) is 76.0. The van der Waals surface area contributed by atoms with Crippen LogP contribution in [0.4, 0.5) is 0 Å². The van der Waals surface area contributed by atoms with Crippen LogP contribution >= 0.6 is 9.12 Å². The summed E-state index contributed by atoms with van der Waals surface area (Å²) >= 11 is 0. The summed E-state index contributed by atoms with van der Waals surface area (Å²) < 4.78 is 18.5. The summed E-state index contributed by atoms with van der Waals surface area (Å²) in [5, 5.41) is 32.6. The van der Waals surface area contributed by atoms with Gasteiger partial charge in [-0.25, -0.2) is 0 Å². The SMILES string of the molecule is C/C1=C/C=C/[C@H](C)[C@H](OC(=O)CCC(=O)NBP)[C@@H](C)[C@@H](O)[C@@H](C)[C@H](C)[C@H](C)[C@@H](C)/C=C/O[C@@]2(C)Oc3c(C)c(O)c4c(c3C2=O)C2=NC3(CCN(C)CC3)NC2=C(NC1=O)C4=O. The Balaban J connectivity index is 1.44. The molecule has 5 heterocycles. The smallest absolute Gasteiger partial charge is 0.312 e. The van der Waals surface area contributed by atoms with E-state index in [0.717, 1.165) is 0 Å². The first kappa shape index (κ1) is 47.7. The van der Waals surface area contributed by atoms with Crippen LogP contribution in [0.25, 0.3) is 0 Å². The van der Waals surface area contributed by atoms with E-state index in [2.05, 4.69) is 43.7 Å². The number of ketones is 2. The number of aromatic hydroxyl groups is 1. The van der Waals surface area contributed by atoms with Gasteiger partial charge < -0.3 is 45.2 Å². The highest BCUT2D eigenvalue weighted by molar-refractivity contribution is 7.55. The zero-order valence-electron chi connectivity index (χ0n) is 38.1. The molecule has 17 heteroatoms. The van der Waals surface area contributed by atoms with Crippen LogP contribution in [0, 0.1) is 42.4 Å². The van der Waals surface area contributed by atoms with Crippen LogP contribution in [0.3, 0.4) is 0 Å². The van der Waals surface area contributed by atoms with Crippen LogP contribution in [0.2, 0.25) is 0 Å². The van der Waals surface area contributed by atoms with E-state index in [1.807, 2.05) is 40.8 Å². The van der Waals surface area contributed by atoms with Gasteiger partial charge in [-0.05, 0) is 50.6 Å². The lowest BCUT2D eigenvalue weighted by molar-refractivity contribution is -0.158. The molecule has 1 unspecified atom stereocenters. The van der Waals surface area contributed by atoms with E-state index in [9.17, 15) is 34.2 Å². The molecule has 1 fully saturated rings. The third-order valence-corrected chi connectivity index (χ3v) is 14.2. The molecule has 5 N–H and O–H groups in total. The minimum atomic E-state index is -1.86. The van der Waals surface area contributed by atoms with E-state index in [4.69, 9.17) is 19.2 Å². The molecule has 1 spiro atoms. The fourth-order valence-electron chi connectivity index (χ4n) is 9.23. The van der Waals surface area contributed by atoms with E-state index in [-0.39, 0.29) is 93.1 Å². The van der Waals surface area contributed by atoms with Crippen LogP contribution < -0.4 is 20.6 Å². The molecule has 2 amide bonds. The maximum absolute atomic E-state index is 14.7. The molecular weight excluding hydrogens is 824 g/mol. The Labute approximate surface area is 373 Å². The highest BCUT2D eigenvalue weighted by atomic mass is 31.0. The molecule has 10 atom stereocenters. The van der Waals surface area contributed by atoms with E-state index in [1.54, 1.807) is 32.1 Å². The molecule has 1 aromatic carbocycles.